The Labute approximate surface area is 393 Å². The van der Waals surface area contributed by atoms with Gasteiger partial charge in [-0.3, -0.25) is 20.2 Å². The number of halogens is 4. The van der Waals surface area contributed by atoms with Crippen molar-refractivity contribution in [3.05, 3.63) is 165 Å². The van der Waals surface area contributed by atoms with Crippen LogP contribution in [0, 0.1) is 35.2 Å². The van der Waals surface area contributed by atoms with E-state index in [9.17, 15) is 22.8 Å². The van der Waals surface area contributed by atoms with Gasteiger partial charge in [0.25, 0.3) is 29.9 Å². The number of nitrogen functional groups attached to an aromatic ring is 2. The number of nitrogens with one attached hydrogen (secondary N) is 2. The summed E-state index contributed by atoms with van der Waals surface area (Å²) in [4.78, 5) is 38.1. The van der Waals surface area contributed by atoms with Crippen LogP contribution in [0.15, 0.2) is 135 Å². The van der Waals surface area contributed by atoms with E-state index in [4.69, 9.17) is 31.4 Å². The zero-order valence-corrected chi connectivity index (χ0v) is 38.3. The highest BCUT2D eigenvalue weighted by Gasteiger charge is 2.59. The summed E-state index contributed by atoms with van der Waals surface area (Å²) < 4.78 is 60.3. The fourth-order valence-electron chi connectivity index (χ4n) is 9.26. The van der Waals surface area contributed by atoms with E-state index in [1.807, 2.05) is 32.9 Å². The standard InChI is InChI=1S/C19H16BrFN2O2.C19H18FN3O2.C12H14FN3O/c1-19(13-9-12(20)7-8-15(13)21)14-10-16(14)25-18(23-19)22-17(24)11-5-3-2-4-6-11;1-19(13-9-12(21)7-8-15(13)20)14-10-16(14)25-18(23-19)22-17(24)11-5-3-2-4-6-11;1-12(7-4-6(14)2-3-9(7)13)8-5-10(8)17-11(15)16-12/h2-9,14,16H,10H2,1H3,(H,22,23,24);2-9,14,16H,10,21H2,1H3,(H,22,23,24);2-4,8,10H,5,14H2,1H3,(H2,15,16)/t2*14-,16?,19-;8-,10?,12-/m000/s1. The third-order valence-corrected chi connectivity index (χ3v) is 13.7. The second-order valence-corrected chi connectivity index (χ2v) is 18.9. The maximum absolute atomic E-state index is 14.4. The molecule has 11 rings (SSSR count). The SMILES string of the molecule is C[C@@]1(c2cc(Br)ccc2F)N=C(NC(=O)c2ccccc2)OC2C[C@@H]21.C[C@@]1(c2cc(N)ccc2F)N=C(N)OC2C[C@@H]21.C[C@@]1(c2cc(N)ccc2F)N=C(NC(=O)c2ccccc2)OC2C[C@@H]21. The topological polar surface area (TPSA) is 201 Å². The van der Waals surface area contributed by atoms with Gasteiger partial charge in [-0.05, 0) is 119 Å². The monoisotopic (exact) mass is 976 g/mol. The van der Waals surface area contributed by atoms with Crippen molar-refractivity contribution in [2.75, 3.05) is 11.5 Å². The van der Waals surface area contributed by atoms with Gasteiger partial charge in [0.05, 0.1) is 16.6 Å². The molecule has 9 atom stereocenters. The lowest BCUT2D eigenvalue weighted by Crippen LogP contribution is -2.41. The third kappa shape index (κ3) is 9.16. The number of nitrogens with two attached hydrogens (primary N) is 3. The van der Waals surface area contributed by atoms with Gasteiger partial charge in [0.1, 0.15) is 35.8 Å². The van der Waals surface area contributed by atoms with E-state index >= 15 is 0 Å². The minimum absolute atomic E-state index is 0.0491. The van der Waals surface area contributed by atoms with Crippen molar-refractivity contribution in [3.8, 4) is 0 Å². The molecule has 3 saturated carbocycles. The van der Waals surface area contributed by atoms with Crippen LogP contribution in [0.3, 0.4) is 0 Å². The van der Waals surface area contributed by atoms with E-state index in [1.54, 1.807) is 78.9 Å². The fraction of sp³-hybridized carbons (Fsp3) is 0.300. The van der Waals surface area contributed by atoms with E-state index in [1.165, 1.54) is 24.3 Å². The number of amides is 2. The van der Waals surface area contributed by atoms with Crippen LogP contribution < -0.4 is 27.8 Å². The summed E-state index contributed by atoms with van der Waals surface area (Å²) in [6.07, 6.45) is 2.35. The number of hydrogen-bond donors (Lipinski definition) is 5. The lowest BCUT2D eigenvalue weighted by atomic mass is 9.86. The van der Waals surface area contributed by atoms with Crippen molar-refractivity contribution >= 4 is 57.2 Å². The zero-order chi connectivity index (χ0) is 47.4. The average molecular weight is 978 g/mol. The Morgan fingerprint density at radius 1 is 0.552 bits per heavy atom. The maximum atomic E-state index is 14.4. The first-order valence-electron chi connectivity index (χ1n) is 21.8. The predicted octanol–water partition coefficient (Wildman–Crippen LogP) is 8.19. The van der Waals surface area contributed by atoms with Gasteiger partial charge in [-0.2, -0.15) is 0 Å². The van der Waals surface area contributed by atoms with Crippen LogP contribution in [0.25, 0.3) is 0 Å². The Balaban J connectivity index is 0.000000128. The first-order chi connectivity index (χ1) is 31.9. The molecule has 5 aromatic carbocycles. The summed E-state index contributed by atoms with van der Waals surface area (Å²) in [5.41, 5.74) is 18.4. The number of anilines is 2. The number of ether oxygens (including phenoxy) is 3. The minimum Gasteiger partial charge on any atom is -0.462 e. The van der Waals surface area contributed by atoms with Crippen molar-refractivity contribution in [1.29, 1.82) is 0 Å². The van der Waals surface area contributed by atoms with E-state index in [0.29, 0.717) is 39.2 Å². The molecule has 0 saturated heterocycles. The first-order valence-corrected chi connectivity index (χ1v) is 22.6. The van der Waals surface area contributed by atoms with Crippen LogP contribution in [0.5, 0.6) is 0 Å². The minimum atomic E-state index is -0.818. The Morgan fingerprint density at radius 2 is 0.925 bits per heavy atom. The molecule has 3 heterocycles. The highest BCUT2D eigenvalue weighted by atomic mass is 79.9. The molecule has 2 amide bonds. The fourth-order valence-corrected chi connectivity index (χ4v) is 9.62. The van der Waals surface area contributed by atoms with Crippen molar-refractivity contribution < 1.29 is 37.0 Å². The summed E-state index contributed by atoms with van der Waals surface area (Å²) in [5, 5.41) is 5.39. The van der Waals surface area contributed by atoms with Gasteiger partial charge in [-0.15, -0.1) is 0 Å². The van der Waals surface area contributed by atoms with Crippen molar-refractivity contribution in [1.82, 2.24) is 10.6 Å². The molecule has 0 aromatic heterocycles. The highest BCUT2D eigenvalue weighted by Crippen LogP contribution is 2.55. The summed E-state index contributed by atoms with van der Waals surface area (Å²) in [6, 6.07) is 31.9. The predicted molar refractivity (Wildman–Crippen MR) is 251 cm³/mol. The molecule has 3 aliphatic heterocycles. The van der Waals surface area contributed by atoms with Gasteiger partial charge < -0.3 is 31.4 Å². The molecule has 0 radical (unpaired) electrons. The Bertz CT molecular complexity index is 2710. The molecule has 3 aliphatic carbocycles. The number of carbonyl (C=O) groups is 2. The summed E-state index contributed by atoms with van der Waals surface area (Å²) >= 11 is 3.39. The number of aliphatic imine (C=N–C) groups is 3. The second-order valence-electron chi connectivity index (χ2n) is 18.0. The van der Waals surface area contributed by atoms with Crippen molar-refractivity contribution in [3.63, 3.8) is 0 Å². The van der Waals surface area contributed by atoms with Gasteiger partial charge >= 0.3 is 0 Å². The van der Waals surface area contributed by atoms with Crippen LogP contribution in [-0.2, 0) is 30.8 Å². The Hall–Kier alpha value is -6.88. The summed E-state index contributed by atoms with van der Waals surface area (Å²) in [6.45, 7) is 5.62. The second kappa shape index (κ2) is 17.4. The molecular weight excluding hydrogens is 929 g/mol. The molecule has 0 spiro atoms. The number of benzene rings is 5. The molecule has 3 unspecified atom stereocenters. The van der Waals surface area contributed by atoms with Crippen molar-refractivity contribution in [2.45, 2.75) is 75.0 Å². The van der Waals surface area contributed by atoms with E-state index in [-0.39, 0.29) is 83.4 Å². The number of fused-ring (bicyclic) bond motifs is 3. The molecule has 67 heavy (non-hydrogen) atoms. The van der Waals surface area contributed by atoms with Crippen LogP contribution in [-0.4, -0.2) is 48.2 Å². The smallest absolute Gasteiger partial charge is 0.292 e. The number of carbonyl (C=O) groups excluding carboxylic acids is 2. The third-order valence-electron chi connectivity index (χ3n) is 13.2. The Kier molecular flexibility index (Phi) is 11.8. The molecule has 13 nitrogen and oxygen atoms in total. The van der Waals surface area contributed by atoms with Crippen molar-refractivity contribution in [2.24, 2.45) is 38.5 Å². The largest absolute Gasteiger partial charge is 0.462 e. The lowest BCUT2D eigenvalue weighted by molar-refractivity contribution is 0.0946. The maximum Gasteiger partial charge on any atom is 0.292 e. The normalized spacial score (nSPS) is 28.9. The van der Waals surface area contributed by atoms with E-state index in [0.717, 1.165) is 23.7 Å². The number of amidine groups is 3. The van der Waals surface area contributed by atoms with Crippen LogP contribution >= 0.6 is 15.9 Å². The summed E-state index contributed by atoms with van der Waals surface area (Å²) in [5.74, 6) is -1.21. The number of hydrogen-bond acceptors (Lipinski definition) is 11. The summed E-state index contributed by atoms with van der Waals surface area (Å²) in [7, 11) is 0. The van der Waals surface area contributed by atoms with Crippen LogP contribution in [0.1, 0.15) is 77.4 Å². The van der Waals surface area contributed by atoms with Gasteiger partial charge in [-0.25, -0.2) is 28.1 Å². The highest BCUT2D eigenvalue weighted by molar-refractivity contribution is 9.10. The molecule has 346 valence electrons. The van der Waals surface area contributed by atoms with Gasteiger partial charge in [0, 0.05) is 61.4 Å². The molecule has 8 N–H and O–H groups in total. The molecule has 3 fully saturated rings. The first kappa shape index (κ1) is 45.3. The lowest BCUT2D eigenvalue weighted by Gasteiger charge is -2.31. The van der Waals surface area contributed by atoms with Gasteiger partial charge in [-0.1, -0.05) is 52.3 Å². The molecule has 6 aliphatic rings. The number of rotatable bonds is 5. The van der Waals surface area contributed by atoms with E-state index < -0.39 is 16.6 Å². The van der Waals surface area contributed by atoms with Crippen LogP contribution in [0.4, 0.5) is 24.5 Å². The van der Waals surface area contributed by atoms with Gasteiger partial charge in [0.15, 0.2) is 0 Å². The molecule has 0 bridgehead atoms. The quantitative estimate of drug-likeness (QED) is 0.109. The molecule has 5 aromatic rings. The molecular formula is C50H48BrF3N8O5. The average Bonchev–Trinajstić information content (AvgIpc) is 4.19. The number of nitrogens with zero attached hydrogens (tertiary/aromatic N) is 3. The van der Waals surface area contributed by atoms with E-state index in [2.05, 4.69) is 41.5 Å². The van der Waals surface area contributed by atoms with Gasteiger partial charge in [0.2, 0.25) is 0 Å². The Morgan fingerprint density at radius 3 is 1.36 bits per heavy atom. The van der Waals surface area contributed by atoms with Crippen LogP contribution in [0.2, 0.25) is 0 Å². The molecule has 17 heteroatoms. The zero-order valence-electron chi connectivity index (χ0n) is 36.7.